The Labute approximate surface area is 157 Å². The van der Waals surface area contributed by atoms with E-state index in [0.717, 1.165) is 5.56 Å². The summed E-state index contributed by atoms with van der Waals surface area (Å²) in [5.41, 5.74) is 0.866. The summed E-state index contributed by atoms with van der Waals surface area (Å²) in [5.74, 6) is -1.18. The number of carboxylic acids is 1. The molecule has 26 heavy (non-hydrogen) atoms. The summed E-state index contributed by atoms with van der Waals surface area (Å²) in [5, 5.41) is 9.50. The number of aliphatic carboxylic acids is 1. The molecule has 1 aromatic rings. The molecule has 1 N–H and O–H groups in total. The van der Waals surface area contributed by atoms with Crippen LogP contribution in [0.3, 0.4) is 0 Å². The summed E-state index contributed by atoms with van der Waals surface area (Å²) < 4.78 is 0. The third-order valence-corrected chi connectivity index (χ3v) is 5.72. The Bertz CT molecular complexity index is 715. The van der Waals surface area contributed by atoms with Gasteiger partial charge in [-0.3, -0.25) is 14.4 Å². The number of carbonyl (C=O) groups is 3. The van der Waals surface area contributed by atoms with Gasteiger partial charge in [0.2, 0.25) is 11.8 Å². The van der Waals surface area contributed by atoms with Gasteiger partial charge in [-0.25, -0.2) is 0 Å². The number of carbonyl (C=O) groups excluding carboxylic acids is 2. The Morgan fingerprint density at radius 3 is 2.58 bits per heavy atom. The Morgan fingerprint density at radius 1 is 1.27 bits per heavy atom. The monoisotopic (exact) mass is 378 g/mol. The minimum atomic E-state index is -0.793. The molecule has 2 aliphatic rings. The molecule has 2 atom stereocenters. The van der Waals surface area contributed by atoms with Crippen LogP contribution in [0.5, 0.6) is 0 Å². The predicted octanol–water partition coefficient (Wildman–Crippen LogP) is 2.57. The fraction of sp³-hybridized carbons (Fsp3) is 0.526. The lowest BCUT2D eigenvalue weighted by Crippen LogP contribution is -2.43. The Hall–Kier alpha value is -2.08. The SMILES string of the molecule is CN1C(=O)CC(C(=O)N2CCC(CC(=O)O)CC2)C1c1cccc(Cl)c1. The van der Waals surface area contributed by atoms with Gasteiger partial charge in [0.15, 0.2) is 0 Å². The number of carboxylic acid groups (broad SMARTS) is 1. The average Bonchev–Trinajstić information content (AvgIpc) is 2.89. The van der Waals surface area contributed by atoms with Gasteiger partial charge < -0.3 is 14.9 Å². The second-order valence-corrected chi connectivity index (χ2v) is 7.62. The number of piperidine rings is 1. The third kappa shape index (κ3) is 3.85. The quantitative estimate of drug-likeness (QED) is 0.873. The lowest BCUT2D eigenvalue weighted by molar-refractivity contribution is -0.140. The maximum Gasteiger partial charge on any atom is 0.303 e. The van der Waals surface area contributed by atoms with Crippen molar-refractivity contribution in [3.05, 3.63) is 34.9 Å². The zero-order chi connectivity index (χ0) is 18.8. The van der Waals surface area contributed by atoms with Gasteiger partial charge >= 0.3 is 5.97 Å². The normalized spacial score (nSPS) is 24.2. The van der Waals surface area contributed by atoms with Crippen LogP contribution < -0.4 is 0 Å². The fourth-order valence-corrected chi connectivity index (χ4v) is 4.28. The maximum atomic E-state index is 13.1. The molecule has 140 valence electrons. The van der Waals surface area contributed by atoms with Gasteiger partial charge in [0, 0.05) is 38.0 Å². The summed E-state index contributed by atoms with van der Waals surface area (Å²) >= 11 is 6.09. The highest BCUT2D eigenvalue weighted by Gasteiger charge is 2.44. The standard InChI is InChI=1S/C19H23ClN2O4/c1-21-16(23)11-15(18(21)13-3-2-4-14(20)10-13)19(26)22-7-5-12(6-8-22)9-17(24)25/h2-4,10,12,15,18H,5-9,11H2,1H3,(H,24,25). The molecule has 2 saturated heterocycles. The zero-order valence-electron chi connectivity index (χ0n) is 14.7. The second-order valence-electron chi connectivity index (χ2n) is 7.18. The maximum absolute atomic E-state index is 13.1. The van der Waals surface area contributed by atoms with E-state index in [1.807, 2.05) is 12.1 Å². The van der Waals surface area contributed by atoms with Crippen molar-refractivity contribution in [2.45, 2.75) is 31.7 Å². The summed E-state index contributed by atoms with van der Waals surface area (Å²) in [6.07, 6.45) is 1.73. The molecule has 2 amide bonds. The molecule has 0 saturated carbocycles. The number of nitrogens with zero attached hydrogens (tertiary/aromatic N) is 2. The van der Waals surface area contributed by atoms with Crippen LogP contribution in [0.4, 0.5) is 0 Å². The molecule has 2 fully saturated rings. The molecular formula is C19H23ClN2O4. The summed E-state index contributed by atoms with van der Waals surface area (Å²) in [4.78, 5) is 39.6. The van der Waals surface area contributed by atoms with Gasteiger partial charge in [-0.15, -0.1) is 0 Å². The smallest absolute Gasteiger partial charge is 0.303 e. The average molecular weight is 379 g/mol. The fourth-order valence-electron chi connectivity index (χ4n) is 4.08. The van der Waals surface area contributed by atoms with E-state index in [4.69, 9.17) is 16.7 Å². The van der Waals surface area contributed by atoms with Crippen LogP contribution >= 0.6 is 11.6 Å². The second kappa shape index (κ2) is 7.66. The molecule has 3 rings (SSSR count). The molecule has 0 bridgehead atoms. The Morgan fingerprint density at radius 2 is 1.96 bits per heavy atom. The third-order valence-electron chi connectivity index (χ3n) is 5.48. The summed E-state index contributed by atoms with van der Waals surface area (Å²) in [6.45, 7) is 1.10. The lowest BCUT2D eigenvalue weighted by atomic mass is 9.89. The number of halogens is 1. The van der Waals surface area contributed by atoms with Crippen LogP contribution in [0.2, 0.25) is 5.02 Å². The van der Waals surface area contributed by atoms with Crippen LogP contribution in [0, 0.1) is 11.8 Å². The van der Waals surface area contributed by atoms with Crippen molar-refractivity contribution in [2.75, 3.05) is 20.1 Å². The minimum absolute atomic E-state index is 0.0264. The van der Waals surface area contributed by atoms with Crippen molar-refractivity contribution in [2.24, 2.45) is 11.8 Å². The van der Waals surface area contributed by atoms with Gasteiger partial charge in [0.25, 0.3) is 0 Å². The van der Waals surface area contributed by atoms with Crippen molar-refractivity contribution in [3.8, 4) is 0 Å². The van der Waals surface area contributed by atoms with Gasteiger partial charge in [-0.2, -0.15) is 0 Å². The highest BCUT2D eigenvalue weighted by atomic mass is 35.5. The van der Waals surface area contributed by atoms with E-state index in [0.29, 0.717) is 31.0 Å². The van der Waals surface area contributed by atoms with E-state index in [9.17, 15) is 14.4 Å². The predicted molar refractivity (Wildman–Crippen MR) is 96.6 cm³/mol. The van der Waals surface area contributed by atoms with Crippen molar-refractivity contribution >= 4 is 29.4 Å². The molecular weight excluding hydrogens is 356 g/mol. The van der Waals surface area contributed by atoms with Crippen LogP contribution in [-0.2, 0) is 14.4 Å². The minimum Gasteiger partial charge on any atom is -0.481 e. The van der Waals surface area contributed by atoms with Gasteiger partial charge in [-0.05, 0) is 36.5 Å². The summed E-state index contributed by atoms with van der Waals surface area (Å²) in [7, 11) is 1.72. The number of hydrogen-bond donors (Lipinski definition) is 1. The number of rotatable bonds is 4. The van der Waals surface area contributed by atoms with Crippen molar-refractivity contribution in [3.63, 3.8) is 0 Å². The van der Waals surface area contributed by atoms with Crippen molar-refractivity contribution in [1.82, 2.24) is 9.80 Å². The van der Waals surface area contributed by atoms with E-state index in [2.05, 4.69) is 0 Å². The first-order valence-corrected chi connectivity index (χ1v) is 9.26. The van der Waals surface area contributed by atoms with Crippen LogP contribution in [0.15, 0.2) is 24.3 Å². The number of likely N-dealkylation sites (tertiary alicyclic amines) is 2. The van der Waals surface area contributed by atoms with Crippen molar-refractivity contribution < 1.29 is 19.5 Å². The number of benzene rings is 1. The molecule has 0 spiro atoms. The topological polar surface area (TPSA) is 77.9 Å². The molecule has 0 aromatic heterocycles. The van der Waals surface area contributed by atoms with Gasteiger partial charge in [0.05, 0.1) is 12.0 Å². The van der Waals surface area contributed by atoms with Gasteiger partial charge in [0.1, 0.15) is 0 Å². The van der Waals surface area contributed by atoms with E-state index in [1.54, 1.807) is 29.0 Å². The zero-order valence-corrected chi connectivity index (χ0v) is 15.5. The molecule has 0 radical (unpaired) electrons. The first-order valence-electron chi connectivity index (χ1n) is 8.88. The molecule has 2 heterocycles. The summed E-state index contributed by atoms with van der Waals surface area (Å²) in [6, 6.07) is 6.98. The van der Waals surface area contributed by atoms with Crippen LogP contribution in [-0.4, -0.2) is 52.8 Å². The molecule has 1 aromatic carbocycles. The first kappa shape index (κ1) is 18.7. The van der Waals surface area contributed by atoms with Gasteiger partial charge in [-0.1, -0.05) is 23.7 Å². The molecule has 2 unspecified atom stereocenters. The van der Waals surface area contributed by atoms with E-state index in [-0.39, 0.29) is 36.6 Å². The highest BCUT2D eigenvalue weighted by Crippen LogP contribution is 2.39. The van der Waals surface area contributed by atoms with E-state index >= 15 is 0 Å². The molecule has 6 nitrogen and oxygen atoms in total. The molecule has 7 heteroatoms. The Balaban J connectivity index is 1.73. The Kier molecular flexibility index (Phi) is 5.51. The molecule has 0 aliphatic carbocycles. The lowest BCUT2D eigenvalue weighted by Gasteiger charge is -2.34. The van der Waals surface area contributed by atoms with Crippen molar-refractivity contribution in [1.29, 1.82) is 0 Å². The largest absolute Gasteiger partial charge is 0.481 e. The van der Waals surface area contributed by atoms with E-state index < -0.39 is 11.9 Å². The van der Waals surface area contributed by atoms with Crippen LogP contribution in [0.25, 0.3) is 0 Å². The first-order chi connectivity index (χ1) is 12.4. The number of amides is 2. The van der Waals surface area contributed by atoms with E-state index in [1.165, 1.54) is 0 Å². The highest BCUT2D eigenvalue weighted by molar-refractivity contribution is 6.30. The van der Waals surface area contributed by atoms with Crippen LogP contribution in [0.1, 0.15) is 37.3 Å². The molecule has 2 aliphatic heterocycles. The number of hydrogen-bond acceptors (Lipinski definition) is 3.